The first-order chi connectivity index (χ1) is 2.56. The Kier molecular flexibility index (Phi) is 2.20. The number of halogens is 3. The number of alkyl halides is 3. The minimum Gasteiger partial charge on any atom is -0.325 e. The van der Waals surface area contributed by atoms with E-state index in [1.54, 1.807) is 0 Å². The largest absolute Gasteiger partial charge is 0.325 e. The van der Waals surface area contributed by atoms with Crippen LogP contribution in [-0.4, -0.2) is 10.5 Å². The normalized spacial score (nSPS) is 12.0. The van der Waals surface area contributed by atoms with Crippen molar-refractivity contribution in [1.29, 1.82) is 0 Å². The minimum absolute atomic E-state index is 0.576. The van der Waals surface area contributed by atoms with Crippen LogP contribution in [0.1, 0.15) is 0 Å². The van der Waals surface area contributed by atoms with Crippen molar-refractivity contribution in [3.63, 3.8) is 0 Å². The van der Waals surface area contributed by atoms with E-state index >= 15 is 0 Å². The van der Waals surface area contributed by atoms with Gasteiger partial charge < -0.3 is 5.73 Å². The molecule has 0 rings (SSSR count). The Hall–Kier alpha value is 0.550. The predicted octanol–water partition coefficient (Wildman–Crippen LogP) is 0.973. The smallest absolute Gasteiger partial charge is 0.308 e. The number of hydrogen-bond donors (Lipinski definition) is 1. The van der Waals surface area contributed by atoms with E-state index in [0.29, 0.717) is 0 Å². The fraction of sp³-hybridized carbons (Fsp3) is 1.00. The highest BCUT2D eigenvalue weighted by molar-refractivity contribution is 14.1. The second kappa shape index (κ2) is 2.02. The molecule has 0 aromatic rings. The molecule has 0 aliphatic heterocycles. The zero-order valence-corrected chi connectivity index (χ0v) is 5.08. The van der Waals surface area contributed by atoms with E-state index in [1.807, 2.05) is 0 Å². The Balaban J connectivity index is 3.17. The van der Waals surface area contributed by atoms with Crippen LogP contribution in [0.5, 0.6) is 0 Å². The topological polar surface area (TPSA) is 26.0 Å². The molecule has 0 saturated carbocycles. The lowest BCUT2D eigenvalue weighted by atomic mass is 10.7. The van der Waals surface area contributed by atoms with Crippen LogP contribution in [0.3, 0.4) is 0 Å². The van der Waals surface area contributed by atoms with Crippen molar-refractivity contribution in [3.8, 4) is 0 Å². The summed E-state index contributed by atoms with van der Waals surface area (Å²) in [5.41, 5.74) is 4.55. The second-order valence-corrected chi connectivity index (χ2v) is 2.40. The summed E-state index contributed by atoms with van der Waals surface area (Å²) in [4.78, 5) is 0. The summed E-state index contributed by atoms with van der Waals surface area (Å²) in [6, 6.07) is 0. The van der Waals surface area contributed by atoms with Crippen LogP contribution in [0.2, 0.25) is 0 Å². The van der Waals surface area contributed by atoms with Crippen molar-refractivity contribution >= 4 is 22.6 Å². The van der Waals surface area contributed by atoms with Gasteiger partial charge in [-0.05, 0) is 22.6 Å². The quantitative estimate of drug-likeness (QED) is 0.503. The van der Waals surface area contributed by atoms with Gasteiger partial charge in [-0.1, -0.05) is 0 Å². The first kappa shape index (κ1) is 6.55. The van der Waals surface area contributed by atoms with E-state index in [0.717, 1.165) is 22.6 Å². The van der Waals surface area contributed by atoms with Gasteiger partial charge in [-0.25, -0.2) is 0 Å². The van der Waals surface area contributed by atoms with Crippen LogP contribution in [-0.2, 0) is 0 Å². The fourth-order valence-corrected chi connectivity index (χ4v) is 0. The van der Waals surface area contributed by atoms with Gasteiger partial charge in [0, 0.05) is 0 Å². The third-order valence-corrected chi connectivity index (χ3v) is 0.672. The van der Waals surface area contributed by atoms with E-state index in [2.05, 4.69) is 5.73 Å². The Morgan fingerprint density at radius 3 is 1.83 bits per heavy atom. The molecule has 0 aliphatic rings. The van der Waals surface area contributed by atoms with Crippen molar-refractivity contribution in [2.24, 2.45) is 5.73 Å². The first-order valence-corrected chi connectivity index (χ1v) is 2.41. The van der Waals surface area contributed by atoms with Crippen molar-refractivity contribution in [2.45, 2.75) is 3.93 Å². The molecular weight excluding hydrogens is 203 g/mol. The molecule has 0 aromatic heterocycles. The molecule has 0 atom stereocenters. The average Bonchev–Trinajstić information content (AvgIpc) is 1.35. The van der Waals surface area contributed by atoms with Gasteiger partial charge in [0.25, 0.3) is 0 Å². The number of hydrogen-bond acceptors (Lipinski definition) is 1. The lowest BCUT2D eigenvalue weighted by molar-refractivity contribution is 0.137. The third kappa shape index (κ3) is 4.55. The zero-order chi connectivity index (χ0) is 5.21. The molecule has 0 aliphatic carbocycles. The summed E-state index contributed by atoms with van der Waals surface area (Å²) >= 11 is 0.982. The summed E-state index contributed by atoms with van der Waals surface area (Å²) in [5, 5.41) is 0. The maximum atomic E-state index is 11.3. The third-order valence-electron chi connectivity index (χ3n) is 0.231. The predicted molar refractivity (Wildman–Crippen MR) is 28.0 cm³/mol. The van der Waals surface area contributed by atoms with E-state index < -0.39 is 10.5 Å². The average molecular weight is 207 g/mol. The van der Waals surface area contributed by atoms with Gasteiger partial charge in [-0.15, -0.1) is 0 Å². The molecule has 0 bridgehead atoms. The van der Waals surface area contributed by atoms with E-state index in [9.17, 15) is 8.78 Å². The standard InChI is InChI=1S/C2H4F2IN/c3-2(4,5)1-6/h1,6H2. The van der Waals surface area contributed by atoms with Crippen LogP contribution in [0.15, 0.2) is 0 Å². The van der Waals surface area contributed by atoms with Crippen LogP contribution < -0.4 is 5.73 Å². The van der Waals surface area contributed by atoms with E-state index in [-0.39, 0.29) is 0 Å². The monoisotopic (exact) mass is 207 g/mol. The van der Waals surface area contributed by atoms with Gasteiger partial charge in [0.2, 0.25) is 0 Å². The number of rotatable bonds is 1. The van der Waals surface area contributed by atoms with Crippen LogP contribution in [0.4, 0.5) is 8.78 Å². The summed E-state index contributed by atoms with van der Waals surface area (Å²) < 4.78 is 19.9. The molecule has 0 heterocycles. The molecule has 1 nitrogen and oxygen atoms in total. The zero-order valence-electron chi connectivity index (χ0n) is 2.92. The lowest BCUT2D eigenvalue weighted by Gasteiger charge is -1.99. The second-order valence-electron chi connectivity index (χ2n) is 0.819. The summed E-state index contributed by atoms with van der Waals surface area (Å²) in [7, 11) is 0. The first-order valence-electron chi connectivity index (χ1n) is 1.33. The molecule has 0 aromatic carbocycles. The van der Waals surface area contributed by atoms with Crippen LogP contribution in [0, 0.1) is 0 Å². The Morgan fingerprint density at radius 2 is 1.83 bits per heavy atom. The van der Waals surface area contributed by atoms with Crippen molar-refractivity contribution in [2.75, 3.05) is 6.54 Å². The molecule has 38 valence electrons. The van der Waals surface area contributed by atoms with Gasteiger partial charge in [0.15, 0.2) is 0 Å². The highest BCUT2D eigenvalue weighted by Crippen LogP contribution is 2.18. The van der Waals surface area contributed by atoms with Crippen LogP contribution >= 0.6 is 22.6 Å². The highest BCUT2D eigenvalue weighted by atomic mass is 127. The Morgan fingerprint density at radius 1 is 1.67 bits per heavy atom. The fourth-order valence-electron chi connectivity index (χ4n) is 0. The van der Waals surface area contributed by atoms with Gasteiger partial charge in [0.1, 0.15) is 0 Å². The molecule has 2 N–H and O–H groups in total. The van der Waals surface area contributed by atoms with Gasteiger partial charge >= 0.3 is 3.93 Å². The Labute approximate surface area is 48.0 Å². The van der Waals surface area contributed by atoms with Crippen molar-refractivity contribution < 1.29 is 8.78 Å². The van der Waals surface area contributed by atoms with Crippen molar-refractivity contribution in [1.82, 2.24) is 0 Å². The maximum absolute atomic E-state index is 11.3. The SMILES string of the molecule is NCC(F)(F)I. The molecule has 6 heavy (non-hydrogen) atoms. The summed E-state index contributed by atoms with van der Waals surface area (Å²) in [6.45, 7) is -0.576. The molecule has 0 fully saturated rings. The molecule has 0 unspecified atom stereocenters. The molecule has 0 spiro atoms. The minimum atomic E-state index is -2.71. The summed E-state index contributed by atoms with van der Waals surface area (Å²) in [5.74, 6) is 0. The summed E-state index contributed by atoms with van der Waals surface area (Å²) in [6.07, 6.45) is 0. The van der Waals surface area contributed by atoms with Gasteiger partial charge in [-0.3, -0.25) is 0 Å². The molecule has 0 saturated heterocycles. The van der Waals surface area contributed by atoms with Gasteiger partial charge in [-0.2, -0.15) is 8.78 Å². The Bertz CT molecular complexity index is 41.3. The van der Waals surface area contributed by atoms with E-state index in [1.165, 1.54) is 0 Å². The highest BCUT2D eigenvalue weighted by Gasteiger charge is 2.19. The molecule has 0 radical (unpaired) electrons. The number of nitrogens with two attached hydrogens (primary N) is 1. The van der Waals surface area contributed by atoms with Crippen LogP contribution in [0.25, 0.3) is 0 Å². The lowest BCUT2D eigenvalue weighted by Crippen LogP contribution is -2.19. The molecule has 4 heteroatoms. The van der Waals surface area contributed by atoms with Crippen molar-refractivity contribution in [3.05, 3.63) is 0 Å². The van der Waals surface area contributed by atoms with Gasteiger partial charge in [0.05, 0.1) is 6.54 Å². The molecular formula is C2H4F2IN. The van der Waals surface area contributed by atoms with E-state index in [4.69, 9.17) is 0 Å². The maximum Gasteiger partial charge on any atom is 0.308 e. The molecule has 0 amide bonds.